The molecule has 1 saturated carbocycles. The summed E-state index contributed by atoms with van der Waals surface area (Å²) in [5.74, 6) is 2.90. The summed E-state index contributed by atoms with van der Waals surface area (Å²) in [7, 11) is 0. The topological polar surface area (TPSA) is 3.24 Å². The summed E-state index contributed by atoms with van der Waals surface area (Å²) in [6, 6.07) is 0.937. The zero-order valence-corrected chi connectivity index (χ0v) is 11.4. The molecule has 0 aromatic rings. The minimum atomic E-state index is 0.886. The quantitative estimate of drug-likeness (QED) is 0.700. The molecule has 0 N–H and O–H groups in total. The SMILES string of the molecule is CCC1CCC(N2CCC(C(C)C)C2)CC1. The molecule has 2 aliphatic rings. The number of nitrogens with zero attached hydrogens (tertiary/aromatic N) is 1. The van der Waals surface area contributed by atoms with Crippen molar-refractivity contribution in [3.8, 4) is 0 Å². The smallest absolute Gasteiger partial charge is 0.00955 e. The van der Waals surface area contributed by atoms with Crippen molar-refractivity contribution in [3.05, 3.63) is 0 Å². The van der Waals surface area contributed by atoms with Crippen molar-refractivity contribution < 1.29 is 0 Å². The lowest BCUT2D eigenvalue weighted by atomic mass is 9.84. The van der Waals surface area contributed by atoms with Gasteiger partial charge in [0.05, 0.1) is 0 Å². The van der Waals surface area contributed by atoms with Gasteiger partial charge in [0.1, 0.15) is 0 Å². The zero-order valence-electron chi connectivity index (χ0n) is 11.4. The fraction of sp³-hybridized carbons (Fsp3) is 1.00. The van der Waals surface area contributed by atoms with Crippen molar-refractivity contribution in [1.29, 1.82) is 0 Å². The Labute approximate surface area is 102 Å². The molecule has 0 aromatic heterocycles. The predicted molar refractivity (Wildman–Crippen MR) is 70.6 cm³/mol. The molecule has 94 valence electrons. The van der Waals surface area contributed by atoms with Crippen LogP contribution in [0.25, 0.3) is 0 Å². The maximum atomic E-state index is 2.80. The Bertz CT molecular complexity index is 203. The van der Waals surface area contributed by atoms with E-state index in [1.807, 2.05) is 0 Å². The van der Waals surface area contributed by atoms with Crippen LogP contribution in [0, 0.1) is 17.8 Å². The molecule has 1 atom stereocenters. The molecule has 2 fully saturated rings. The lowest BCUT2D eigenvalue weighted by Crippen LogP contribution is -2.36. The maximum Gasteiger partial charge on any atom is 0.00955 e. The molecule has 1 unspecified atom stereocenters. The van der Waals surface area contributed by atoms with Crippen LogP contribution in [0.1, 0.15) is 59.3 Å². The fourth-order valence-corrected chi connectivity index (χ4v) is 3.61. The summed E-state index contributed by atoms with van der Waals surface area (Å²) >= 11 is 0. The van der Waals surface area contributed by atoms with Crippen LogP contribution >= 0.6 is 0 Å². The normalized spacial score (nSPS) is 37.1. The molecular weight excluding hydrogens is 194 g/mol. The van der Waals surface area contributed by atoms with Crippen molar-refractivity contribution in [3.63, 3.8) is 0 Å². The van der Waals surface area contributed by atoms with Crippen LogP contribution in [0.5, 0.6) is 0 Å². The van der Waals surface area contributed by atoms with Crippen molar-refractivity contribution >= 4 is 0 Å². The molecule has 0 bridgehead atoms. The van der Waals surface area contributed by atoms with Gasteiger partial charge in [-0.2, -0.15) is 0 Å². The van der Waals surface area contributed by atoms with Gasteiger partial charge in [-0.15, -0.1) is 0 Å². The van der Waals surface area contributed by atoms with Crippen LogP contribution in [0.15, 0.2) is 0 Å². The molecule has 16 heavy (non-hydrogen) atoms. The Morgan fingerprint density at radius 3 is 2.25 bits per heavy atom. The van der Waals surface area contributed by atoms with E-state index in [-0.39, 0.29) is 0 Å². The standard InChI is InChI=1S/C15H29N/c1-4-13-5-7-15(8-6-13)16-10-9-14(11-16)12(2)3/h12-15H,4-11H2,1-3H3. The second kappa shape index (κ2) is 5.53. The van der Waals surface area contributed by atoms with E-state index in [0.717, 1.165) is 23.8 Å². The summed E-state index contributed by atoms with van der Waals surface area (Å²) in [6.07, 6.45) is 8.79. The molecule has 0 spiro atoms. The summed E-state index contributed by atoms with van der Waals surface area (Å²) in [5, 5.41) is 0. The van der Waals surface area contributed by atoms with Gasteiger partial charge in [-0.3, -0.25) is 0 Å². The molecule has 1 heterocycles. The van der Waals surface area contributed by atoms with E-state index in [0.29, 0.717) is 0 Å². The monoisotopic (exact) mass is 223 g/mol. The second-order valence-electron chi connectivity index (χ2n) is 6.37. The van der Waals surface area contributed by atoms with Crippen LogP contribution in [0.3, 0.4) is 0 Å². The van der Waals surface area contributed by atoms with Crippen LogP contribution in [0.4, 0.5) is 0 Å². The lowest BCUT2D eigenvalue weighted by molar-refractivity contribution is 0.154. The van der Waals surface area contributed by atoms with Gasteiger partial charge in [0.2, 0.25) is 0 Å². The summed E-state index contributed by atoms with van der Waals surface area (Å²) < 4.78 is 0. The van der Waals surface area contributed by atoms with Crippen LogP contribution in [-0.2, 0) is 0 Å². The highest BCUT2D eigenvalue weighted by molar-refractivity contribution is 4.85. The van der Waals surface area contributed by atoms with E-state index < -0.39 is 0 Å². The van der Waals surface area contributed by atoms with E-state index >= 15 is 0 Å². The Balaban J connectivity index is 1.78. The molecule has 0 radical (unpaired) electrons. The minimum absolute atomic E-state index is 0.886. The number of likely N-dealkylation sites (tertiary alicyclic amines) is 1. The minimum Gasteiger partial charge on any atom is -0.300 e. The van der Waals surface area contributed by atoms with Gasteiger partial charge in [-0.05, 0) is 56.4 Å². The molecule has 1 nitrogen and oxygen atoms in total. The highest BCUT2D eigenvalue weighted by Gasteiger charge is 2.31. The van der Waals surface area contributed by atoms with Crippen molar-refractivity contribution in [2.24, 2.45) is 17.8 Å². The molecule has 1 heteroatoms. The highest BCUT2D eigenvalue weighted by atomic mass is 15.2. The lowest BCUT2D eigenvalue weighted by Gasteiger charge is -2.34. The Morgan fingerprint density at radius 1 is 1.06 bits per heavy atom. The van der Waals surface area contributed by atoms with Gasteiger partial charge in [0.15, 0.2) is 0 Å². The fourth-order valence-electron chi connectivity index (χ4n) is 3.61. The summed E-state index contributed by atoms with van der Waals surface area (Å²) in [4.78, 5) is 2.80. The van der Waals surface area contributed by atoms with Gasteiger partial charge in [-0.25, -0.2) is 0 Å². The first-order chi connectivity index (χ1) is 7.70. The third-order valence-corrected chi connectivity index (χ3v) is 5.11. The average molecular weight is 223 g/mol. The van der Waals surface area contributed by atoms with Gasteiger partial charge in [0, 0.05) is 12.6 Å². The third kappa shape index (κ3) is 2.80. The molecule has 0 amide bonds. The first-order valence-corrected chi connectivity index (χ1v) is 7.44. The predicted octanol–water partition coefficient (Wildman–Crippen LogP) is 3.93. The molecule has 2 rings (SSSR count). The van der Waals surface area contributed by atoms with E-state index in [2.05, 4.69) is 25.7 Å². The maximum absolute atomic E-state index is 2.80. The summed E-state index contributed by atoms with van der Waals surface area (Å²) in [5.41, 5.74) is 0. The molecule has 0 aromatic carbocycles. The Kier molecular flexibility index (Phi) is 4.29. The first-order valence-electron chi connectivity index (χ1n) is 7.44. The third-order valence-electron chi connectivity index (χ3n) is 5.11. The van der Waals surface area contributed by atoms with Crippen LogP contribution < -0.4 is 0 Å². The first kappa shape index (κ1) is 12.4. The number of rotatable bonds is 3. The van der Waals surface area contributed by atoms with Gasteiger partial charge >= 0.3 is 0 Å². The molecule has 1 saturated heterocycles. The van der Waals surface area contributed by atoms with E-state index in [4.69, 9.17) is 0 Å². The van der Waals surface area contributed by atoms with Crippen LogP contribution in [0.2, 0.25) is 0 Å². The molecule has 1 aliphatic carbocycles. The highest BCUT2D eigenvalue weighted by Crippen LogP contribution is 2.33. The van der Waals surface area contributed by atoms with Gasteiger partial charge in [0.25, 0.3) is 0 Å². The zero-order chi connectivity index (χ0) is 11.5. The Morgan fingerprint density at radius 2 is 1.75 bits per heavy atom. The van der Waals surface area contributed by atoms with Crippen molar-refractivity contribution in [1.82, 2.24) is 4.90 Å². The second-order valence-corrected chi connectivity index (χ2v) is 6.37. The average Bonchev–Trinajstić information content (AvgIpc) is 2.78. The molecular formula is C15H29N. The van der Waals surface area contributed by atoms with Gasteiger partial charge in [-0.1, -0.05) is 27.2 Å². The van der Waals surface area contributed by atoms with Gasteiger partial charge < -0.3 is 4.90 Å². The van der Waals surface area contributed by atoms with Crippen LogP contribution in [-0.4, -0.2) is 24.0 Å². The summed E-state index contributed by atoms with van der Waals surface area (Å²) in [6.45, 7) is 9.91. The largest absolute Gasteiger partial charge is 0.300 e. The Hall–Kier alpha value is -0.0400. The number of hydrogen-bond donors (Lipinski definition) is 0. The number of hydrogen-bond acceptors (Lipinski definition) is 1. The molecule has 1 aliphatic heterocycles. The van der Waals surface area contributed by atoms with E-state index in [1.54, 1.807) is 0 Å². The van der Waals surface area contributed by atoms with Crippen molar-refractivity contribution in [2.45, 2.75) is 65.3 Å². The van der Waals surface area contributed by atoms with E-state index in [9.17, 15) is 0 Å². The van der Waals surface area contributed by atoms with Crippen molar-refractivity contribution in [2.75, 3.05) is 13.1 Å². The van der Waals surface area contributed by atoms with E-state index in [1.165, 1.54) is 51.6 Å².